The summed E-state index contributed by atoms with van der Waals surface area (Å²) in [7, 11) is 0. The monoisotopic (exact) mass is 250 g/mol. The smallest absolute Gasteiger partial charge is 0.356 e. The predicted octanol–water partition coefficient (Wildman–Crippen LogP) is 1.11. The third-order valence-electron chi connectivity index (χ3n) is 3.79. The first-order valence-corrected chi connectivity index (χ1v) is 6.15. The minimum Gasteiger partial charge on any atom is -0.481 e. The highest BCUT2D eigenvalue weighted by Gasteiger charge is 2.48. The molecule has 3 rings (SSSR count). The van der Waals surface area contributed by atoms with Gasteiger partial charge in [0.1, 0.15) is 5.82 Å². The summed E-state index contributed by atoms with van der Waals surface area (Å²) in [6, 6.07) is 0. The number of fused-ring (bicyclic) bond motifs is 1. The summed E-state index contributed by atoms with van der Waals surface area (Å²) in [6.45, 7) is 0.758. The molecule has 0 bridgehead atoms. The number of nitrogens with zero attached hydrogens (tertiary/aromatic N) is 2. The van der Waals surface area contributed by atoms with Crippen molar-refractivity contribution in [2.24, 2.45) is 5.92 Å². The van der Waals surface area contributed by atoms with E-state index in [2.05, 4.69) is 4.98 Å². The topological polar surface area (TPSA) is 92.4 Å². The zero-order valence-electron chi connectivity index (χ0n) is 9.80. The van der Waals surface area contributed by atoms with E-state index in [-0.39, 0.29) is 17.5 Å². The van der Waals surface area contributed by atoms with Crippen molar-refractivity contribution in [2.45, 2.75) is 38.1 Å². The maximum Gasteiger partial charge on any atom is 0.356 e. The van der Waals surface area contributed by atoms with E-state index in [0.29, 0.717) is 12.2 Å². The van der Waals surface area contributed by atoms with Crippen LogP contribution >= 0.6 is 0 Å². The first kappa shape index (κ1) is 11.3. The number of aromatic carboxylic acids is 1. The standard InChI is InChI=1S/C12H14N2O4/c15-11(16)7-5-6(7)10-13-9(12(17)18)8-3-1-2-4-14(8)10/h6-7H,1-5H2,(H,15,16)(H,17,18). The molecule has 1 aromatic rings. The number of hydrogen-bond donors (Lipinski definition) is 2. The average Bonchev–Trinajstić information content (AvgIpc) is 3.03. The third kappa shape index (κ3) is 1.60. The molecule has 0 spiro atoms. The van der Waals surface area contributed by atoms with E-state index in [9.17, 15) is 9.59 Å². The highest BCUT2D eigenvalue weighted by molar-refractivity contribution is 5.87. The van der Waals surface area contributed by atoms with Crippen molar-refractivity contribution in [3.05, 3.63) is 17.2 Å². The van der Waals surface area contributed by atoms with Gasteiger partial charge in [0.05, 0.1) is 11.6 Å². The molecule has 0 aromatic carbocycles. The molecule has 2 unspecified atom stereocenters. The van der Waals surface area contributed by atoms with Crippen LogP contribution in [0.1, 0.15) is 47.2 Å². The molecule has 18 heavy (non-hydrogen) atoms. The second-order valence-corrected chi connectivity index (χ2v) is 4.97. The van der Waals surface area contributed by atoms with Crippen LogP contribution in [0.25, 0.3) is 0 Å². The number of carbonyl (C=O) groups is 2. The van der Waals surface area contributed by atoms with Crippen LogP contribution in [-0.2, 0) is 17.8 Å². The summed E-state index contributed by atoms with van der Waals surface area (Å²) < 4.78 is 1.93. The lowest BCUT2D eigenvalue weighted by Crippen LogP contribution is -2.14. The molecular formula is C12H14N2O4. The Hall–Kier alpha value is -1.85. The van der Waals surface area contributed by atoms with E-state index in [1.54, 1.807) is 0 Å². The fourth-order valence-corrected chi connectivity index (χ4v) is 2.78. The molecule has 2 heterocycles. The molecule has 6 heteroatoms. The molecule has 2 N–H and O–H groups in total. The van der Waals surface area contributed by atoms with Crippen LogP contribution in [0.4, 0.5) is 0 Å². The molecule has 0 saturated heterocycles. The molecule has 1 aliphatic carbocycles. The molecule has 2 aliphatic rings. The highest BCUT2D eigenvalue weighted by Crippen LogP contribution is 2.48. The minimum absolute atomic E-state index is 0.104. The molecule has 1 fully saturated rings. The van der Waals surface area contributed by atoms with E-state index >= 15 is 0 Å². The minimum atomic E-state index is -1.01. The maximum absolute atomic E-state index is 11.2. The van der Waals surface area contributed by atoms with Crippen molar-refractivity contribution in [2.75, 3.05) is 0 Å². The number of rotatable bonds is 3. The van der Waals surface area contributed by atoms with Gasteiger partial charge in [-0.2, -0.15) is 0 Å². The Morgan fingerprint density at radius 1 is 1.28 bits per heavy atom. The van der Waals surface area contributed by atoms with Crippen LogP contribution in [0.2, 0.25) is 0 Å². The fourth-order valence-electron chi connectivity index (χ4n) is 2.78. The third-order valence-corrected chi connectivity index (χ3v) is 3.79. The van der Waals surface area contributed by atoms with Gasteiger partial charge >= 0.3 is 11.9 Å². The van der Waals surface area contributed by atoms with Gasteiger partial charge in [-0.25, -0.2) is 9.78 Å². The summed E-state index contributed by atoms with van der Waals surface area (Å²) in [4.78, 5) is 26.2. The van der Waals surface area contributed by atoms with Crippen molar-refractivity contribution < 1.29 is 19.8 Å². The van der Waals surface area contributed by atoms with Crippen LogP contribution < -0.4 is 0 Å². The second-order valence-electron chi connectivity index (χ2n) is 4.97. The zero-order valence-corrected chi connectivity index (χ0v) is 9.80. The SMILES string of the molecule is O=C(O)c1nc(C2CC2C(=O)O)n2c1CCCC2. The van der Waals surface area contributed by atoms with Gasteiger partial charge in [-0.05, 0) is 25.7 Å². The Kier molecular flexibility index (Phi) is 2.39. The van der Waals surface area contributed by atoms with Gasteiger partial charge in [-0.15, -0.1) is 0 Å². The number of imidazole rings is 1. The Morgan fingerprint density at radius 3 is 2.67 bits per heavy atom. The van der Waals surface area contributed by atoms with Crippen LogP contribution in [0.5, 0.6) is 0 Å². The number of hydrogen-bond acceptors (Lipinski definition) is 3. The maximum atomic E-state index is 11.2. The second kappa shape index (κ2) is 3.83. The van der Waals surface area contributed by atoms with Gasteiger partial charge in [-0.1, -0.05) is 0 Å². The quantitative estimate of drug-likeness (QED) is 0.838. The first-order chi connectivity index (χ1) is 8.59. The summed E-state index contributed by atoms with van der Waals surface area (Å²) in [5.74, 6) is -1.66. The number of carboxylic acid groups (broad SMARTS) is 2. The Labute approximate surface area is 103 Å². The van der Waals surface area contributed by atoms with Crippen molar-refractivity contribution in [1.29, 1.82) is 0 Å². The average molecular weight is 250 g/mol. The zero-order chi connectivity index (χ0) is 12.9. The van der Waals surface area contributed by atoms with Crippen LogP contribution in [0.15, 0.2) is 0 Å². The molecular weight excluding hydrogens is 236 g/mol. The molecule has 6 nitrogen and oxygen atoms in total. The molecule has 96 valence electrons. The van der Waals surface area contributed by atoms with E-state index in [1.165, 1.54) is 0 Å². The number of carboxylic acids is 2. The van der Waals surface area contributed by atoms with Gasteiger partial charge in [0.15, 0.2) is 5.69 Å². The van der Waals surface area contributed by atoms with Gasteiger partial charge in [0, 0.05) is 12.5 Å². The molecule has 2 atom stereocenters. The first-order valence-electron chi connectivity index (χ1n) is 6.15. The van der Waals surface area contributed by atoms with E-state index in [4.69, 9.17) is 10.2 Å². The van der Waals surface area contributed by atoms with Crippen LogP contribution in [0, 0.1) is 5.92 Å². The van der Waals surface area contributed by atoms with Crippen LogP contribution in [-0.4, -0.2) is 31.7 Å². The Morgan fingerprint density at radius 2 is 2.06 bits per heavy atom. The lowest BCUT2D eigenvalue weighted by molar-refractivity contribution is -0.138. The van der Waals surface area contributed by atoms with Gasteiger partial charge in [0.2, 0.25) is 0 Å². The summed E-state index contributed by atoms with van der Waals surface area (Å²) >= 11 is 0. The number of aliphatic carboxylic acids is 1. The molecule has 1 aliphatic heterocycles. The fraction of sp³-hybridized carbons (Fsp3) is 0.583. The van der Waals surface area contributed by atoms with E-state index < -0.39 is 11.9 Å². The highest BCUT2D eigenvalue weighted by atomic mass is 16.4. The van der Waals surface area contributed by atoms with Crippen molar-refractivity contribution in [1.82, 2.24) is 9.55 Å². The van der Waals surface area contributed by atoms with Crippen molar-refractivity contribution >= 4 is 11.9 Å². The Balaban J connectivity index is 2.00. The van der Waals surface area contributed by atoms with Gasteiger partial charge in [0.25, 0.3) is 0 Å². The lowest BCUT2D eigenvalue weighted by Gasteiger charge is -2.16. The molecule has 1 saturated carbocycles. The van der Waals surface area contributed by atoms with Gasteiger partial charge < -0.3 is 14.8 Å². The van der Waals surface area contributed by atoms with Crippen molar-refractivity contribution in [3.8, 4) is 0 Å². The lowest BCUT2D eigenvalue weighted by atomic mass is 10.1. The summed E-state index contributed by atoms with van der Waals surface area (Å²) in [6.07, 6.45) is 3.27. The predicted molar refractivity (Wildman–Crippen MR) is 60.6 cm³/mol. The largest absolute Gasteiger partial charge is 0.481 e. The normalized spacial score (nSPS) is 25.6. The van der Waals surface area contributed by atoms with E-state index in [0.717, 1.165) is 31.5 Å². The summed E-state index contributed by atoms with van der Waals surface area (Å²) in [5.41, 5.74) is 0.875. The molecule has 0 radical (unpaired) electrons. The summed E-state index contributed by atoms with van der Waals surface area (Å²) in [5, 5.41) is 18.1. The van der Waals surface area contributed by atoms with Crippen LogP contribution in [0.3, 0.4) is 0 Å². The number of aromatic nitrogens is 2. The molecule has 1 aromatic heterocycles. The van der Waals surface area contributed by atoms with Gasteiger partial charge in [-0.3, -0.25) is 4.79 Å². The molecule has 0 amide bonds. The van der Waals surface area contributed by atoms with Crippen molar-refractivity contribution in [3.63, 3.8) is 0 Å². The van der Waals surface area contributed by atoms with E-state index in [1.807, 2.05) is 4.57 Å². The Bertz CT molecular complexity index is 534.